The third-order valence-electron chi connectivity index (χ3n) is 7.38. The largest absolute Gasteiger partial charge is 0.486 e. The molecular weight excluding hydrogens is 490 g/mol. The smallest absolute Gasteiger partial charge is 0.202 e. The van der Waals surface area contributed by atoms with Crippen LogP contribution in [0.1, 0.15) is 24.1 Å². The van der Waals surface area contributed by atoms with Crippen LogP contribution in [0.2, 0.25) is 0 Å². The molecule has 0 radical (unpaired) electrons. The number of ether oxygens (including phenoxy) is 1. The van der Waals surface area contributed by atoms with Gasteiger partial charge in [0.05, 0.1) is 35.0 Å². The highest BCUT2D eigenvalue weighted by atomic mass is 19.2. The Balaban J connectivity index is 1.37. The minimum Gasteiger partial charge on any atom is -0.486 e. The molecule has 0 amide bonds. The zero-order chi connectivity index (χ0) is 26.2. The van der Waals surface area contributed by atoms with Gasteiger partial charge in [-0.1, -0.05) is 6.07 Å². The van der Waals surface area contributed by atoms with Crippen molar-refractivity contribution in [3.63, 3.8) is 0 Å². The van der Waals surface area contributed by atoms with Gasteiger partial charge in [-0.25, -0.2) is 9.37 Å². The Bertz CT molecular complexity index is 1530. The maximum absolute atomic E-state index is 14.4. The van der Waals surface area contributed by atoms with Crippen LogP contribution in [0.25, 0.3) is 10.9 Å². The molecule has 8 nitrogen and oxygen atoms in total. The normalized spacial score (nSPS) is 17.1. The molecule has 0 bridgehead atoms. The average Bonchev–Trinajstić information content (AvgIpc) is 2.94. The second-order valence-electron chi connectivity index (χ2n) is 9.83. The fourth-order valence-electron chi connectivity index (χ4n) is 5.51. The first-order valence-electron chi connectivity index (χ1n) is 12.7. The van der Waals surface area contributed by atoms with Crippen molar-refractivity contribution in [2.24, 2.45) is 0 Å². The number of aromatic nitrogens is 3. The van der Waals surface area contributed by atoms with E-state index in [4.69, 9.17) is 10.5 Å². The van der Waals surface area contributed by atoms with Crippen molar-refractivity contribution < 1.29 is 13.5 Å². The summed E-state index contributed by atoms with van der Waals surface area (Å²) >= 11 is 0. The van der Waals surface area contributed by atoms with Gasteiger partial charge in [0.15, 0.2) is 17.0 Å². The number of anilines is 2. The summed E-state index contributed by atoms with van der Waals surface area (Å²) in [5.41, 5.74) is 8.19. The third kappa shape index (κ3) is 4.56. The van der Waals surface area contributed by atoms with Crippen LogP contribution < -0.4 is 20.8 Å². The Morgan fingerprint density at radius 1 is 1.13 bits per heavy atom. The topological polar surface area (TPSA) is 89.5 Å². The summed E-state index contributed by atoms with van der Waals surface area (Å²) in [6.07, 6.45) is 7.24. The number of nitrogen functional groups attached to an aromatic ring is 1. The molecule has 1 unspecified atom stereocenters. The minimum absolute atomic E-state index is 0.128. The zero-order valence-electron chi connectivity index (χ0n) is 20.8. The molecule has 38 heavy (non-hydrogen) atoms. The maximum Gasteiger partial charge on any atom is 0.202 e. The predicted molar refractivity (Wildman–Crippen MR) is 141 cm³/mol. The molecule has 0 spiro atoms. The lowest BCUT2D eigenvalue weighted by Crippen LogP contribution is -2.48. The van der Waals surface area contributed by atoms with Gasteiger partial charge in [0, 0.05) is 50.2 Å². The fraction of sp³-hybridized carbons (Fsp3) is 0.321. The average molecular weight is 519 g/mol. The second-order valence-corrected chi connectivity index (χ2v) is 9.83. The van der Waals surface area contributed by atoms with E-state index in [1.165, 1.54) is 0 Å². The Kier molecular flexibility index (Phi) is 6.40. The predicted octanol–water partition coefficient (Wildman–Crippen LogP) is 3.72. The first-order chi connectivity index (χ1) is 18.5. The van der Waals surface area contributed by atoms with Crippen LogP contribution in [0.15, 0.2) is 59.8 Å². The first kappa shape index (κ1) is 24.3. The van der Waals surface area contributed by atoms with Crippen molar-refractivity contribution in [1.82, 2.24) is 19.4 Å². The number of piperidine rings is 1. The zero-order valence-corrected chi connectivity index (χ0v) is 20.8. The second kappa shape index (κ2) is 10.0. The molecule has 3 aromatic heterocycles. The molecule has 1 atom stereocenters. The lowest BCUT2D eigenvalue weighted by Gasteiger charge is -2.40. The number of hydrogen-bond acceptors (Lipinski definition) is 7. The van der Waals surface area contributed by atoms with E-state index in [9.17, 15) is 13.6 Å². The minimum atomic E-state index is -1.08. The van der Waals surface area contributed by atoms with Crippen LogP contribution in [0, 0.1) is 11.6 Å². The number of rotatable bonds is 6. The first-order valence-corrected chi connectivity index (χ1v) is 12.7. The van der Waals surface area contributed by atoms with E-state index in [1.807, 2.05) is 24.3 Å². The fourth-order valence-corrected chi connectivity index (χ4v) is 5.51. The standard InChI is InChI=1S/C28H28F2N6O2/c29-23-12-22-26-28(25(23)30)38-11-10-35(26)14-18(27(22)37)15-36(16-19-4-1-2-8-32-19)21-5-3-9-34(17-21)20-6-7-24(31)33-13-20/h1-2,4,6-8,12-14,21H,3,5,9-11,15-17H2,(H2,31,33). The van der Waals surface area contributed by atoms with Gasteiger partial charge in [-0.05, 0) is 43.2 Å². The summed E-state index contributed by atoms with van der Waals surface area (Å²) in [6, 6.07) is 10.7. The van der Waals surface area contributed by atoms with Gasteiger partial charge in [-0.15, -0.1) is 0 Å². The summed E-state index contributed by atoms with van der Waals surface area (Å²) in [4.78, 5) is 26.9. The molecule has 1 fully saturated rings. The van der Waals surface area contributed by atoms with Crippen LogP contribution in [0.4, 0.5) is 20.3 Å². The Morgan fingerprint density at radius 2 is 2.03 bits per heavy atom. The summed E-state index contributed by atoms with van der Waals surface area (Å²) < 4.78 is 36.0. The number of hydrogen-bond donors (Lipinski definition) is 1. The van der Waals surface area contributed by atoms with Crippen LogP contribution in [0.5, 0.6) is 5.75 Å². The number of benzene rings is 1. The van der Waals surface area contributed by atoms with E-state index in [0.29, 0.717) is 36.5 Å². The molecule has 2 N–H and O–H groups in total. The Morgan fingerprint density at radius 3 is 2.82 bits per heavy atom. The van der Waals surface area contributed by atoms with Crippen LogP contribution in [-0.2, 0) is 19.6 Å². The van der Waals surface area contributed by atoms with Crippen molar-refractivity contribution in [3.05, 3.63) is 88.1 Å². The molecule has 6 rings (SSSR count). The lowest BCUT2D eigenvalue weighted by atomic mass is 10.0. The van der Waals surface area contributed by atoms with Crippen LogP contribution >= 0.6 is 0 Å². The van der Waals surface area contributed by atoms with E-state index < -0.39 is 11.6 Å². The number of nitrogens with zero attached hydrogens (tertiary/aromatic N) is 5. The van der Waals surface area contributed by atoms with Crippen LogP contribution in [-0.4, -0.2) is 45.2 Å². The highest BCUT2D eigenvalue weighted by molar-refractivity contribution is 5.86. The van der Waals surface area contributed by atoms with E-state index >= 15 is 0 Å². The molecular formula is C28H28F2N6O2. The monoisotopic (exact) mass is 518 g/mol. The van der Waals surface area contributed by atoms with E-state index in [-0.39, 0.29) is 29.2 Å². The van der Waals surface area contributed by atoms with Gasteiger partial charge in [0.1, 0.15) is 12.4 Å². The lowest BCUT2D eigenvalue weighted by molar-refractivity contribution is 0.156. The van der Waals surface area contributed by atoms with Gasteiger partial charge in [-0.2, -0.15) is 4.39 Å². The SMILES string of the molecule is Nc1ccc(N2CCCC(N(Cc3ccccn3)Cc3cn4c5c(c(F)c(F)cc5c3=O)OCC4)C2)cn1. The van der Waals surface area contributed by atoms with Gasteiger partial charge < -0.3 is 19.9 Å². The molecule has 10 heteroatoms. The third-order valence-corrected chi connectivity index (χ3v) is 7.38. The Hall–Kier alpha value is -4.05. The number of nitrogens with two attached hydrogens (primary N) is 1. The van der Waals surface area contributed by atoms with Gasteiger partial charge >= 0.3 is 0 Å². The molecule has 2 aliphatic heterocycles. The van der Waals surface area contributed by atoms with Gasteiger partial charge in [-0.3, -0.25) is 14.7 Å². The molecule has 2 aliphatic rings. The van der Waals surface area contributed by atoms with E-state index in [0.717, 1.165) is 43.4 Å². The molecule has 0 aliphatic carbocycles. The number of halogens is 2. The molecule has 196 valence electrons. The van der Waals surface area contributed by atoms with Gasteiger partial charge in [0.2, 0.25) is 5.82 Å². The summed E-state index contributed by atoms with van der Waals surface area (Å²) in [5, 5.41) is 0.132. The maximum atomic E-state index is 14.4. The molecule has 0 saturated carbocycles. The van der Waals surface area contributed by atoms with E-state index in [1.54, 1.807) is 29.2 Å². The summed E-state index contributed by atoms with van der Waals surface area (Å²) in [7, 11) is 0. The van der Waals surface area contributed by atoms with Crippen molar-refractivity contribution in [2.45, 2.75) is 38.5 Å². The highest BCUT2D eigenvalue weighted by Crippen LogP contribution is 2.33. The van der Waals surface area contributed by atoms with Crippen molar-refractivity contribution in [3.8, 4) is 5.75 Å². The Labute approximate surface area is 218 Å². The molecule has 4 aromatic rings. The molecule has 1 aromatic carbocycles. The summed E-state index contributed by atoms with van der Waals surface area (Å²) in [6.45, 7) is 3.19. The molecule has 5 heterocycles. The van der Waals surface area contributed by atoms with E-state index in [2.05, 4.69) is 19.8 Å². The summed E-state index contributed by atoms with van der Waals surface area (Å²) in [5.74, 6) is -1.86. The van der Waals surface area contributed by atoms with Crippen LogP contribution in [0.3, 0.4) is 0 Å². The molecule has 1 saturated heterocycles. The van der Waals surface area contributed by atoms with Gasteiger partial charge in [0.25, 0.3) is 0 Å². The number of pyridine rings is 3. The highest BCUT2D eigenvalue weighted by Gasteiger charge is 2.29. The van der Waals surface area contributed by atoms with Crippen molar-refractivity contribution >= 4 is 22.4 Å². The van der Waals surface area contributed by atoms with Crippen molar-refractivity contribution in [1.29, 1.82) is 0 Å². The van der Waals surface area contributed by atoms with Crippen molar-refractivity contribution in [2.75, 3.05) is 30.3 Å². The quantitative estimate of drug-likeness (QED) is 0.416.